The first-order valence-electron chi connectivity index (χ1n) is 6.04. The van der Waals surface area contributed by atoms with E-state index in [1.807, 2.05) is 12.6 Å². The molecule has 0 spiro atoms. The number of aliphatic imine (C=N–C) groups is 2. The molecule has 17 heavy (non-hydrogen) atoms. The van der Waals surface area contributed by atoms with Gasteiger partial charge >= 0.3 is 0 Å². The van der Waals surface area contributed by atoms with Crippen molar-refractivity contribution in [3.63, 3.8) is 0 Å². The van der Waals surface area contributed by atoms with Crippen LogP contribution >= 0.6 is 0 Å². The van der Waals surface area contributed by atoms with E-state index >= 15 is 0 Å². The molecule has 0 aromatic rings. The van der Waals surface area contributed by atoms with Crippen LogP contribution in [-0.4, -0.2) is 37.1 Å². The van der Waals surface area contributed by atoms with Crippen LogP contribution in [0.2, 0.25) is 0 Å². The zero-order valence-corrected chi connectivity index (χ0v) is 11.6. The number of rotatable bonds is 8. The van der Waals surface area contributed by atoms with Crippen molar-refractivity contribution in [2.24, 2.45) is 15.9 Å². The maximum atomic E-state index is 4.27. The zero-order valence-electron chi connectivity index (χ0n) is 11.6. The van der Waals surface area contributed by atoms with E-state index in [1.165, 1.54) is 0 Å². The Morgan fingerprint density at radius 3 is 2.47 bits per heavy atom. The van der Waals surface area contributed by atoms with Crippen LogP contribution in [0, 0.1) is 5.92 Å². The Labute approximate surface area is 106 Å². The first-order chi connectivity index (χ1) is 8.02. The van der Waals surface area contributed by atoms with Gasteiger partial charge in [-0.05, 0) is 25.3 Å². The van der Waals surface area contributed by atoms with Gasteiger partial charge in [0, 0.05) is 25.8 Å². The van der Waals surface area contributed by atoms with E-state index in [0.717, 1.165) is 13.0 Å². The van der Waals surface area contributed by atoms with Crippen LogP contribution in [-0.2, 0) is 0 Å². The molecular weight excluding hydrogens is 210 g/mol. The smallest absolute Gasteiger partial charge is 0.0914 e. The molecule has 1 atom stereocenters. The van der Waals surface area contributed by atoms with Crippen molar-refractivity contribution in [2.75, 3.05) is 13.6 Å². The minimum Gasteiger partial charge on any atom is -0.359 e. The Hall–Kier alpha value is -1.38. The molecule has 0 rings (SSSR count). The zero-order chi connectivity index (χ0) is 13.3. The lowest BCUT2D eigenvalue weighted by Gasteiger charge is -2.29. The molecule has 0 aromatic heterocycles. The van der Waals surface area contributed by atoms with Crippen LogP contribution in [0.25, 0.3) is 0 Å². The fraction of sp³-hybridized carbons (Fsp3) is 0.571. The number of nitrogens with zero attached hydrogens (tertiary/aromatic N) is 3. The average Bonchev–Trinajstić information content (AvgIpc) is 2.32. The van der Waals surface area contributed by atoms with Crippen molar-refractivity contribution < 1.29 is 0 Å². The highest BCUT2D eigenvalue weighted by Crippen LogP contribution is 2.09. The minimum absolute atomic E-state index is 0.446. The molecule has 0 amide bonds. The first kappa shape index (κ1) is 15.6. The topological polar surface area (TPSA) is 28.0 Å². The Bertz CT molecular complexity index is 290. The molecule has 0 aliphatic rings. The van der Waals surface area contributed by atoms with Gasteiger partial charge in [-0.15, -0.1) is 0 Å². The van der Waals surface area contributed by atoms with Crippen molar-refractivity contribution >= 4 is 12.6 Å². The summed E-state index contributed by atoms with van der Waals surface area (Å²) in [4.78, 5) is 10.5. The summed E-state index contributed by atoms with van der Waals surface area (Å²) in [5.74, 6) is 0.581. The van der Waals surface area contributed by atoms with Crippen molar-refractivity contribution in [1.29, 1.82) is 0 Å². The van der Waals surface area contributed by atoms with E-state index in [9.17, 15) is 0 Å². The maximum absolute atomic E-state index is 4.27. The third-order valence-corrected chi connectivity index (χ3v) is 2.79. The Morgan fingerprint density at radius 2 is 2.00 bits per heavy atom. The molecule has 0 fully saturated rings. The van der Waals surface area contributed by atoms with E-state index < -0.39 is 0 Å². The average molecular weight is 235 g/mol. The second-order valence-electron chi connectivity index (χ2n) is 4.39. The van der Waals surface area contributed by atoms with E-state index in [4.69, 9.17) is 0 Å². The molecule has 0 radical (unpaired) electrons. The lowest BCUT2D eigenvalue weighted by atomic mass is 10.1. The molecule has 0 N–H and O–H groups in total. The fourth-order valence-electron chi connectivity index (χ4n) is 1.29. The Kier molecular flexibility index (Phi) is 8.03. The van der Waals surface area contributed by atoms with Gasteiger partial charge in [-0.25, -0.2) is 4.99 Å². The summed E-state index contributed by atoms with van der Waals surface area (Å²) >= 11 is 0. The molecule has 0 heterocycles. The van der Waals surface area contributed by atoms with Crippen LogP contribution in [0.5, 0.6) is 0 Å². The molecule has 0 aliphatic carbocycles. The van der Waals surface area contributed by atoms with Gasteiger partial charge in [0.2, 0.25) is 0 Å². The summed E-state index contributed by atoms with van der Waals surface area (Å²) in [6.45, 7) is 15.0. The van der Waals surface area contributed by atoms with E-state index in [2.05, 4.69) is 48.8 Å². The van der Waals surface area contributed by atoms with Gasteiger partial charge in [-0.2, -0.15) is 0 Å². The summed E-state index contributed by atoms with van der Waals surface area (Å²) in [5.41, 5.74) is 0.690. The summed E-state index contributed by atoms with van der Waals surface area (Å²) in [6.07, 6.45) is 6.37. The van der Waals surface area contributed by atoms with Gasteiger partial charge < -0.3 is 9.89 Å². The lowest BCUT2D eigenvalue weighted by molar-refractivity contribution is 0.280. The van der Waals surface area contributed by atoms with Crippen molar-refractivity contribution in [1.82, 2.24) is 4.90 Å². The predicted octanol–water partition coefficient (Wildman–Crippen LogP) is 3.15. The summed E-state index contributed by atoms with van der Waals surface area (Å²) in [7, 11) is 1.80. The predicted molar refractivity (Wildman–Crippen MR) is 77.9 cm³/mol. The highest BCUT2D eigenvalue weighted by atomic mass is 15.2. The molecular formula is C14H25N3. The summed E-state index contributed by atoms with van der Waals surface area (Å²) < 4.78 is 0. The van der Waals surface area contributed by atoms with E-state index in [0.29, 0.717) is 17.7 Å². The number of hydrogen-bond acceptors (Lipinski definition) is 2. The van der Waals surface area contributed by atoms with Crippen molar-refractivity contribution in [2.45, 2.75) is 33.2 Å². The van der Waals surface area contributed by atoms with Crippen LogP contribution in [0.15, 0.2) is 34.9 Å². The molecule has 1 unspecified atom stereocenters. The minimum atomic E-state index is 0.446. The Balaban J connectivity index is 4.54. The highest BCUT2D eigenvalue weighted by Gasteiger charge is 2.13. The first-order valence-corrected chi connectivity index (χ1v) is 6.04. The monoisotopic (exact) mass is 235 g/mol. The van der Waals surface area contributed by atoms with Gasteiger partial charge in [-0.1, -0.05) is 27.0 Å². The number of allylic oxidation sites excluding steroid dienone is 1. The molecule has 3 heteroatoms. The van der Waals surface area contributed by atoms with Gasteiger partial charge in [0.1, 0.15) is 0 Å². The van der Waals surface area contributed by atoms with Crippen molar-refractivity contribution in [3.8, 4) is 0 Å². The van der Waals surface area contributed by atoms with Gasteiger partial charge in [0.05, 0.1) is 12.0 Å². The summed E-state index contributed by atoms with van der Waals surface area (Å²) in [6, 6.07) is 0.446. The van der Waals surface area contributed by atoms with Gasteiger partial charge in [0.25, 0.3) is 0 Å². The molecule has 0 aromatic carbocycles. The van der Waals surface area contributed by atoms with Crippen LogP contribution < -0.4 is 0 Å². The second kappa shape index (κ2) is 8.74. The maximum Gasteiger partial charge on any atom is 0.0914 e. The molecule has 0 bridgehead atoms. The largest absolute Gasteiger partial charge is 0.359 e. The van der Waals surface area contributed by atoms with Crippen LogP contribution in [0.3, 0.4) is 0 Å². The normalized spacial score (nSPS) is 13.5. The van der Waals surface area contributed by atoms with Gasteiger partial charge in [0.15, 0.2) is 0 Å². The van der Waals surface area contributed by atoms with Crippen LogP contribution in [0.4, 0.5) is 0 Å². The number of hydrogen-bond donors (Lipinski definition) is 0. The second-order valence-corrected chi connectivity index (χ2v) is 4.39. The molecule has 0 saturated heterocycles. The third-order valence-electron chi connectivity index (χ3n) is 2.79. The van der Waals surface area contributed by atoms with E-state index in [-0.39, 0.29) is 0 Å². The molecule has 0 saturated carbocycles. The molecule has 96 valence electrons. The highest BCUT2D eigenvalue weighted by molar-refractivity contribution is 5.61. The Morgan fingerprint density at radius 1 is 1.35 bits per heavy atom. The van der Waals surface area contributed by atoms with E-state index in [1.54, 1.807) is 13.1 Å². The molecule has 0 aliphatic heterocycles. The lowest BCUT2D eigenvalue weighted by Crippen LogP contribution is -2.36. The summed E-state index contributed by atoms with van der Waals surface area (Å²) in [5, 5.41) is 0. The molecule has 3 nitrogen and oxygen atoms in total. The van der Waals surface area contributed by atoms with Crippen molar-refractivity contribution in [3.05, 3.63) is 24.9 Å². The van der Waals surface area contributed by atoms with Crippen LogP contribution in [0.1, 0.15) is 27.2 Å². The third kappa shape index (κ3) is 6.72. The van der Waals surface area contributed by atoms with Gasteiger partial charge in [-0.3, -0.25) is 0 Å². The SMILES string of the molecule is C=CC(=C)N=CN(CCC=NC)C(C)C(C)C. The quantitative estimate of drug-likeness (QED) is 0.361. The standard InChI is InChI=1S/C14H25N3/c1-7-13(4)16-11-17(10-8-9-15-6)14(5)12(2)3/h7,9,11-12,14H,1,4,8,10H2,2-3,5-6H3. The fourth-order valence-corrected chi connectivity index (χ4v) is 1.29.